The van der Waals surface area contributed by atoms with Gasteiger partial charge in [-0.25, -0.2) is 4.39 Å². The van der Waals surface area contributed by atoms with Gasteiger partial charge in [-0.2, -0.15) is 0 Å². The van der Waals surface area contributed by atoms with Gasteiger partial charge >= 0.3 is 11.9 Å². The Kier molecular flexibility index (Phi) is 13.5. The average molecular weight is 553 g/mol. The highest BCUT2D eigenvalue weighted by Gasteiger charge is 2.38. The number of likely N-dealkylation sites (N-methyl/N-ethyl adjacent to an activating group) is 1. The Morgan fingerprint density at radius 2 is 1.90 bits per heavy atom. The lowest BCUT2D eigenvalue weighted by atomic mass is 9.87. The third kappa shape index (κ3) is 9.10. The molecular weight excluding hydrogens is 507 g/mol. The normalized spacial score (nSPS) is 18.3. The maximum Gasteiger partial charge on any atom is 0.324 e. The molecule has 0 spiro atoms. The number of ether oxygens (including phenoxy) is 5. The molecule has 3 rings (SSSR count). The number of hydrogen-bond donors (Lipinski definition) is 0. The molecule has 39 heavy (non-hydrogen) atoms. The highest BCUT2D eigenvalue weighted by molar-refractivity contribution is 5.76. The fourth-order valence-electron chi connectivity index (χ4n) is 4.96. The second-order valence-corrected chi connectivity index (χ2v) is 9.83. The van der Waals surface area contributed by atoms with Crippen molar-refractivity contribution in [2.24, 2.45) is 0 Å². The number of hydrogen-bond acceptors (Lipinski definition) is 9. The van der Waals surface area contributed by atoms with E-state index in [4.69, 9.17) is 18.9 Å². The molecule has 0 aromatic heterocycles. The molecule has 9 nitrogen and oxygen atoms in total. The van der Waals surface area contributed by atoms with Crippen LogP contribution in [0, 0.1) is 0 Å². The molecule has 10 heteroatoms. The van der Waals surface area contributed by atoms with Crippen molar-refractivity contribution >= 4 is 11.9 Å². The first-order valence-corrected chi connectivity index (χ1v) is 13.6. The van der Waals surface area contributed by atoms with Gasteiger partial charge in [0, 0.05) is 25.9 Å². The van der Waals surface area contributed by atoms with E-state index in [-0.39, 0.29) is 24.7 Å². The molecule has 0 radical (unpaired) electrons. The van der Waals surface area contributed by atoms with Crippen molar-refractivity contribution in [1.82, 2.24) is 9.80 Å². The molecule has 0 saturated heterocycles. The van der Waals surface area contributed by atoms with E-state index in [2.05, 4.69) is 35.6 Å². The number of esters is 2. The van der Waals surface area contributed by atoms with Crippen LogP contribution in [-0.2, 0) is 30.2 Å². The third-order valence-electron chi connectivity index (χ3n) is 6.85. The lowest BCUT2D eigenvalue weighted by Gasteiger charge is -2.33. The van der Waals surface area contributed by atoms with E-state index < -0.39 is 18.9 Å². The number of methoxy groups -OCH3 is 1. The maximum absolute atomic E-state index is 13.4. The molecule has 0 bridgehead atoms. The van der Waals surface area contributed by atoms with Crippen LogP contribution in [0.1, 0.15) is 64.0 Å². The van der Waals surface area contributed by atoms with Crippen LogP contribution in [0.3, 0.4) is 0 Å². The quantitative estimate of drug-likeness (QED) is 0.292. The molecule has 2 heterocycles. The predicted molar refractivity (Wildman–Crippen MR) is 147 cm³/mol. The molecule has 0 amide bonds. The van der Waals surface area contributed by atoms with E-state index >= 15 is 0 Å². The van der Waals surface area contributed by atoms with Gasteiger partial charge in [-0.3, -0.25) is 14.5 Å². The molecule has 1 aromatic carbocycles. The van der Waals surface area contributed by atoms with Crippen molar-refractivity contribution in [2.45, 2.75) is 71.4 Å². The zero-order valence-corrected chi connectivity index (χ0v) is 24.5. The second kappa shape index (κ2) is 16.3. The summed E-state index contributed by atoms with van der Waals surface area (Å²) in [7, 11) is 5.49. The lowest BCUT2D eigenvalue weighted by molar-refractivity contribution is -0.156. The highest BCUT2D eigenvalue weighted by Crippen LogP contribution is 2.41. The van der Waals surface area contributed by atoms with Gasteiger partial charge in [0.05, 0.1) is 7.11 Å². The van der Waals surface area contributed by atoms with Gasteiger partial charge in [-0.05, 0) is 76.2 Å². The molecular formula is C29H45FN2O7. The largest absolute Gasteiger partial charge is 0.497 e. The average Bonchev–Trinajstić information content (AvgIpc) is 3.28. The summed E-state index contributed by atoms with van der Waals surface area (Å²) in [5.74, 6) is 1.34. The van der Waals surface area contributed by atoms with Crippen LogP contribution in [0.2, 0.25) is 0 Å². The van der Waals surface area contributed by atoms with Gasteiger partial charge in [0.1, 0.15) is 11.8 Å². The molecule has 3 atom stereocenters. The molecule has 3 unspecified atom stereocenters. The summed E-state index contributed by atoms with van der Waals surface area (Å²) in [6, 6.07) is 3.89. The van der Waals surface area contributed by atoms with Gasteiger partial charge in [0.15, 0.2) is 17.6 Å². The van der Waals surface area contributed by atoms with E-state index in [1.807, 2.05) is 32.0 Å². The summed E-state index contributed by atoms with van der Waals surface area (Å²) in [5, 5.41) is 0. The SMILES string of the molecule is C/C=C(/OC)C(OC(=O)C(CCC)N(C)C)C1CN(CCC)CCc2cc3c(cc21)OCO3.CC(=O)OCF. The van der Waals surface area contributed by atoms with Gasteiger partial charge in [-0.1, -0.05) is 20.3 Å². The third-order valence-corrected chi connectivity index (χ3v) is 6.85. The zero-order valence-electron chi connectivity index (χ0n) is 24.5. The van der Waals surface area contributed by atoms with Crippen LogP contribution >= 0.6 is 0 Å². The molecule has 2 aliphatic rings. The van der Waals surface area contributed by atoms with Crippen molar-refractivity contribution in [3.63, 3.8) is 0 Å². The fourth-order valence-corrected chi connectivity index (χ4v) is 4.96. The number of nitrogens with zero attached hydrogens (tertiary/aromatic N) is 2. The highest BCUT2D eigenvalue weighted by atomic mass is 19.1. The molecule has 220 valence electrons. The van der Waals surface area contributed by atoms with E-state index in [0.29, 0.717) is 5.76 Å². The molecule has 0 saturated carbocycles. The molecule has 1 aromatic rings. The summed E-state index contributed by atoms with van der Waals surface area (Å²) in [6.07, 6.45) is 5.02. The Labute approximate surface area is 232 Å². The summed E-state index contributed by atoms with van der Waals surface area (Å²) < 4.78 is 37.9. The van der Waals surface area contributed by atoms with Crippen LogP contribution in [0.5, 0.6) is 11.5 Å². The Balaban J connectivity index is 0.000000798. The Bertz CT molecular complexity index is 969. The zero-order chi connectivity index (χ0) is 28.9. The minimum Gasteiger partial charge on any atom is -0.497 e. The Morgan fingerprint density at radius 3 is 2.41 bits per heavy atom. The van der Waals surface area contributed by atoms with Crippen molar-refractivity contribution < 1.29 is 37.7 Å². The topological polar surface area (TPSA) is 86.8 Å². The Morgan fingerprint density at radius 1 is 1.21 bits per heavy atom. The van der Waals surface area contributed by atoms with Gasteiger partial charge < -0.3 is 28.6 Å². The first kappa shape index (κ1) is 32.4. The standard InChI is InChI=1S/C26H40N2O5.C3H5FO2/c1-7-10-21(27(4)5)26(29)33-25(22(9-3)30-6)20-16-28(12-8-2)13-11-18-14-23-24(15-19(18)20)32-17-31-23;1-3(5)6-2-4/h9,14-15,20-21,25H,7-8,10-13,16-17H2,1-6H3;2H2,1H3/b22-9+;. The van der Waals surface area contributed by atoms with Crippen LogP contribution < -0.4 is 9.47 Å². The molecule has 0 N–H and O–H groups in total. The minimum atomic E-state index is -1.02. The summed E-state index contributed by atoms with van der Waals surface area (Å²) in [6.45, 7) is 9.30. The van der Waals surface area contributed by atoms with Crippen molar-refractivity contribution in [2.75, 3.05) is 54.5 Å². The van der Waals surface area contributed by atoms with Crippen LogP contribution in [-0.4, -0.2) is 88.4 Å². The Hall–Kier alpha value is -2.85. The van der Waals surface area contributed by atoms with E-state index in [0.717, 1.165) is 69.3 Å². The molecule has 0 fully saturated rings. The number of carbonyl (C=O) groups is 2. The smallest absolute Gasteiger partial charge is 0.324 e. The van der Waals surface area contributed by atoms with Crippen LogP contribution in [0.15, 0.2) is 24.0 Å². The van der Waals surface area contributed by atoms with Crippen LogP contribution in [0.4, 0.5) is 4.39 Å². The summed E-state index contributed by atoms with van der Waals surface area (Å²) in [4.78, 5) is 27.3. The number of halogens is 1. The minimum absolute atomic E-state index is 0.0805. The summed E-state index contributed by atoms with van der Waals surface area (Å²) >= 11 is 0. The van der Waals surface area contributed by atoms with Crippen molar-refractivity contribution in [1.29, 1.82) is 0 Å². The predicted octanol–water partition coefficient (Wildman–Crippen LogP) is 4.44. The van der Waals surface area contributed by atoms with E-state index in [1.54, 1.807) is 7.11 Å². The van der Waals surface area contributed by atoms with E-state index in [1.165, 1.54) is 5.56 Å². The van der Waals surface area contributed by atoms with Gasteiger partial charge in [0.25, 0.3) is 0 Å². The monoisotopic (exact) mass is 552 g/mol. The maximum atomic E-state index is 13.4. The van der Waals surface area contributed by atoms with Crippen molar-refractivity contribution in [3.05, 3.63) is 35.1 Å². The number of alkyl halides is 1. The number of rotatable bonds is 11. The van der Waals surface area contributed by atoms with Crippen molar-refractivity contribution in [3.8, 4) is 11.5 Å². The van der Waals surface area contributed by atoms with Gasteiger partial charge in [-0.15, -0.1) is 0 Å². The summed E-state index contributed by atoms with van der Waals surface area (Å²) in [5.41, 5.74) is 2.36. The number of fused-ring (bicyclic) bond motifs is 2. The number of benzene rings is 1. The lowest BCUT2D eigenvalue weighted by Crippen LogP contribution is -2.42. The second-order valence-electron chi connectivity index (χ2n) is 9.83. The van der Waals surface area contributed by atoms with Gasteiger partial charge in [0.2, 0.25) is 13.7 Å². The number of allylic oxidation sites excluding steroid dienone is 1. The first-order valence-electron chi connectivity index (χ1n) is 13.6. The first-order chi connectivity index (χ1) is 18.7. The molecule has 0 aliphatic carbocycles. The fraction of sp³-hybridized carbons (Fsp3) is 0.655. The molecule has 2 aliphatic heterocycles. The van der Waals surface area contributed by atoms with E-state index in [9.17, 15) is 14.0 Å². The van der Waals surface area contributed by atoms with Crippen LogP contribution in [0.25, 0.3) is 0 Å². The number of carbonyl (C=O) groups excluding carboxylic acids is 2.